The van der Waals surface area contributed by atoms with Crippen molar-refractivity contribution in [3.05, 3.63) is 57.8 Å². The molecule has 100 valence electrons. The van der Waals surface area contributed by atoms with Crippen molar-refractivity contribution in [2.75, 3.05) is 5.73 Å². The molecule has 3 N–H and O–H groups in total. The van der Waals surface area contributed by atoms with Crippen molar-refractivity contribution < 1.29 is 4.79 Å². The SMILES string of the molecule is Cc1cc(N)ccc1C(=O)c1c[nH]c2ncc(Br)cc12. The molecule has 0 atom stereocenters. The molecule has 0 unspecified atom stereocenters. The molecular weight excluding hydrogens is 318 g/mol. The van der Waals surface area contributed by atoms with Crippen molar-refractivity contribution >= 4 is 38.4 Å². The maximum atomic E-state index is 12.7. The van der Waals surface area contributed by atoms with Crippen molar-refractivity contribution in [1.29, 1.82) is 0 Å². The zero-order valence-electron chi connectivity index (χ0n) is 10.8. The number of carbonyl (C=O) groups excluding carboxylic acids is 1. The summed E-state index contributed by atoms with van der Waals surface area (Å²) in [7, 11) is 0. The Hall–Kier alpha value is -2.14. The topological polar surface area (TPSA) is 71.8 Å². The van der Waals surface area contributed by atoms with Crippen LogP contribution >= 0.6 is 15.9 Å². The number of H-pyrrole nitrogens is 1. The van der Waals surface area contributed by atoms with Gasteiger partial charge in [0.05, 0.1) is 0 Å². The second-order valence-electron chi connectivity index (χ2n) is 4.66. The van der Waals surface area contributed by atoms with E-state index in [1.807, 2.05) is 13.0 Å². The van der Waals surface area contributed by atoms with Crippen LogP contribution in [-0.4, -0.2) is 15.8 Å². The van der Waals surface area contributed by atoms with Crippen LogP contribution in [-0.2, 0) is 0 Å². The van der Waals surface area contributed by atoms with Gasteiger partial charge in [0.15, 0.2) is 5.78 Å². The van der Waals surface area contributed by atoms with E-state index in [0.29, 0.717) is 22.5 Å². The van der Waals surface area contributed by atoms with Crippen molar-refractivity contribution in [3.63, 3.8) is 0 Å². The van der Waals surface area contributed by atoms with Crippen molar-refractivity contribution in [2.24, 2.45) is 0 Å². The summed E-state index contributed by atoms with van der Waals surface area (Å²) in [5.74, 6) is -0.0337. The van der Waals surface area contributed by atoms with E-state index in [2.05, 4.69) is 25.9 Å². The van der Waals surface area contributed by atoms with Crippen LogP contribution in [0.4, 0.5) is 5.69 Å². The summed E-state index contributed by atoms with van der Waals surface area (Å²) in [6.45, 7) is 1.88. The molecule has 3 rings (SSSR count). The van der Waals surface area contributed by atoms with Crippen LogP contribution < -0.4 is 5.73 Å². The molecule has 1 aromatic carbocycles. The molecule has 0 saturated carbocycles. The van der Waals surface area contributed by atoms with Crippen molar-refractivity contribution in [2.45, 2.75) is 6.92 Å². The minimum atomic E-state index is -0.0337. The van der Waals surface area contributed by atoms with Gasteiger partial charge in [-0.1, -0.05) is 0 Å². The standard InChI is InChI=1S/C15H12BrN3O/c1-8-4-10(17)2-3-11(8)14(20)13-7-19-15-12(13)5-9(16)6-18-15/h2-7H,17H2,1H3,(H,18,19). The van der Waals surface area contributed by atoms with E-state index < -0.39 is 0 Å². The van der Waals surface area contributed by atoms with E-state index in [9.17, 15) is 4.79 Å². The molecule has 0 radical (unpaired) electrons. The third-order valence-electron chi connectivity index (χ3n) is 3.24. The number of aromatic nitrogens is 2. The van der Waals surface area contributed by atoms with Gasteiger partial charge in [-0.05, 0) is 52.7 Å². The summed E-state index contributed by atoms with van der Waals surface area (Å²) in [6.07, 6.45) is 3.39. The van der Waals surface area contributed by atoms with Crippen LogP contribution in [0.25, 0.3) is 11.0 Å². The van der Waals surface area contributed by atoms with Gasteiger partial charge in [-0.15, -0.1) is 0 Å². The van der Waals surface area contributed by atoms with Crippen LogP contribution in [0.1, 0.15) is 21.5 Å². The summed E-state index contributed by atoms with van der Waals surface area (Å²) in [5, 5.41) is 0.806. The summed E-state index contributed by atoms with van der Waals surface area (Å²) >= 11 is 3.38. The Morgan fingerprint density at radius 1 is 1.30 bits per heavy atom. The molecule has 5 heteroatoms. The number of ketones is 1. The van der Waals surface area contributed by atoms with Crippen LogP contribution in [0.2, 0.25) is 0 Å². The maximum Gasteiger partial charge on any atom is 0.195 e. The summed E-state index contributed by atoms with van der Waals surface area (Å²) in [5.41, 5.74) is 9.21. The van der Waals surface area contributed by atoms with Crippen LogP contribution in [0, 0.1) is 6.92 Å². The second kappa shape index (κ2) is 4.76. The number of benzene rings is 1. The molecule has 0 aliphatic heterocycles. The predicted octanol–water partition coefficient (Wildman–Crippen LogP) is 3.45. The number of carbonyl (C=O) groups is 1. The quantitative estimate of drug-likeness (QED) is 0.558. The minimum absolute atomic E-state index is 0.0337. The largest absolute Gasteiger partial charge is 0.399 e. The highest BCUT2D eigenvalue weighted by atomic mass is 79.9. The highest BCUT2D eigenvalue weighted by Gasteiger charge is 2.16. The minimum Gasteiger partial charge on any atom is -0.399 e. The van der Waals surface area contributed by atoms with Gasteiger partial charge in [0, 0.05) is 39.1 Å². The smallest absolute Gasteiger partial charge is 0.195 e. The zero-order chi connectivity index (χ0) is 14.3. The molecule has 0 spiro atoms. The molecule has 3 aromatic rings. The predicted molar refractivity (Wildman–Crippen MR) is 82.8 cm³/mol. The fourth-order valence-corrected chi connectivity index (χ4v) is 2.58. The number of pyridine rings is 1. The number of anilines is 1. The molecule has 0 amide bonds. The number of rotatable bonds is 2. The molecule has 4 nitrogen and oxygen atoms in total. The molecule has 0 aliphatic rings. The number of hydrogen-bond donors (Lipinski definition) is 2. The number of nitrogens with one attached hydrogen (secondary N) is 1. The third kappa shape index (κ3) is 2.10. The molecular formula is C15H12BrN3O. The van der Waals surface area contributed by atoms with Gasteiger partial charge >= 0.3 is 0 Å². The Morgan fingerprint density at radius 2 is 2.10 bits per heavy atom. The van der Waals surface area contributed by atoms with Gasteiger partial charge < -0.3 is 10.7 Å². The Balaban J connectivity index is 2.15. The van der Waals surface area contributed by atoms with Gasteiger partial charge in [-0.3, -0.25) is 4.79 Å². The number of aromatic amines is 1. The van der Waals surface area contributed by atoms with Gasteiger partial charge in [-0.25, -0.2) is 4.98 Å². The number of nitrogens with zero attached hydrogens (tertiary/aromatic N) is 1. The highest BCUT2D eigenvalue weighted by Crippen LogP contribution is 2.24. The third-order valence-corrected chi connectivity index (χ3v) is 3.67. The molecule has 0 fully saturated rings. The average molecular weight is 330 g/mol. The Bertz CT molecular complexity index is 823. The monoisotopic (exact) mass is 329 g/mol. The first-order chi connectivity index (χ1) is 9.56. The Kier molecular flexibility index (Phi) is 3.06. The summed E-state index contributed by atoms with van der Waals surface area (Å²) in [4.78, 5) is 19.9. The van der Waals surface area contributed by atoms with Gasteiger partial charge in [0.2, 0.25) is 0 Å². The first-order valence-electron chi connectivity index (χ1n) is 6.09. The fraction of sp³-hybridized carbons (Fsp3) is 0.0667. The zero-order valence-corrected chi connectivity index (χ0v) is 12.4. The molecule has 20 heavy (non-hydrogen) atoms. The fourth-order valence-electron chi connectivity index (χ4n) is 2.25. The van der Waals surface area contributed by atoms with E-state index in [-0.39, 0.29) is 5.78 Å². The van der Waals surface area contributed by atoms with Crippen LogP contribution in [0.15, 0.2) is 41.1 Å². The Morgan fingerprint density at radius 3 is 2.85 bits per heavy atom. The number of fused-ring (bicyclic) bond motifs is 1. The number of aryl methyl sites for hydroxylation is 1. The normalized spacial score (nSPS) is 10.9. The summed E-state index contributed by atoms with van der Waals surface area (Å²) in [6, 6.07) is 7.19. The van der Waals surface area contributed by atoms with Gasteiger partial charge in [0.25, 0.3) is 0 Å². The maximum absolute atomic E-state index is 12.7. The van der Waals surface area contributed by atoms with E-state index in [4.69, 9.17) is 5.73 Å². The molecule has 2 heterocycles. The van der Waals surface area contributed by atoms with E-state index in [0.717, 1.165) is 15.4 Å². The first-order valence-corrected chi connectivity index (χ1v) is 6.89. The van der Waals surface area contributed by atoms with Gasteiger partial charge in [-0.2, -0.15) is 0 Å². The number of nitrogens with two attached hydrogens (primary N) is 1. The lowest BCUT2D eigenvalue weighted by molar-refractivity contribution is 0.104. The molecule has 2 aromatic heterocycles. The van der Waals surface area contributed by atoms with E-state index in [1.165, 1.54) is 0 Å². The highest BCUT2D eigenvalue weighted by molar-refractivity contribution is 9.10. The number of nitrogen functional groups attached to an aromatic ring is 1. The lowest BCUT2D eigenvalue weighted by Gasteiger charge is -2.05. The van der Waals surface area contributed by atoms with E-state index >= 15 is 0 Å². The summed E-state index contributed by atoms with van der Waals surface area (Å²) < 4.78 is 0.840. The van der Waals surface area contributed by atoms with Crippen molar-refractivity contribution in [1.82, 2.24) is 9.97 Å². The lowest BCUT2D eigenvalue weighted by atomic mass is 9.99. The van der Waals surface area contributed by atoms with Crippen LogP contribution in [0.5, 0.6) is 0 Å². The van der Waals surface area contributed by atoms with Crippen molar-refractivity contribution in [3.8, 4) is 0 Å². The molecule has 0 saturated heterocycles. The number of hydrogen-bond acceptors (Lipinski definition) is 3. The second-order valence-corrected chi connectivity index (χ2v) is 5.57. The number of halogens is 1. The lowest BCUT2D eigenvalue weighted by Crippen LogP contribution is -2.03. The van der Waals surface area contributed by atoms with Gasteiger partial charge in [0.1, 0.15) is 5.65 Å². The molecule has 0 bridgehead atoms. The average Bonchev–Trinajstić information content (AvgIpc) is 2.81. The Labute approximate surface area is 124 Å². The van der Waals surface area contributed by atoms with Crippen LogP contribution in [0.3, 0.4) is 0 Å². The first kappa shape index (κ1) is 12.9. The molecule has 0 aliphatic carbocycles. The van der Waals surface area contributed by atoms with E-state index in [1.54, 1.807) is 30.6 Å².